The molecule has 0 bridgehead atoms. The molecule has 0 amide bonds. The van der Waals surface area contributed by atoms with Gasteiger partial charge < -0.3 is 9.55 Å². The first kappa shape index (κ1) is 17.2. The van der Waals surface area contributed by atoms with E-state index in [1.165, 1.54) is 5.56 Å². The maximum absolute atomic E-state index is 12.5. The summed E-state index contributed by atoms with van der Waals surface area (Å²) < 4.78 is 2.32. The summed E-state index contributed by atoms with van der Waals surface area (Å²) >= 11 is 0. The van der Waals surface area contributed by atoms with Crippen molar-refractivity contribution in [1.82, 2.24) is 19.4 Å². The van der Waals surface area contributed by atoms with Crippen LogP contribution in [0.3, 0.4) is 0 Å². The lowest BCUT2D eigenvalue weighted by Crippen LogP contribution is -2.40. The van der Waals surface area contributed by atoms with Gasteiger partial charge in [0.1, 0.15) is 5.65 Å². The maximum Gasteiger partial charge on any atom is 0.190 e. The molecule has 0 spiro atoms. The molecule has 142 valence electrons. The fraction of sp³-hybridized carbons (Fsp3) is 0.304. The van der Waals surface area contributed by atoms with Gasteiger partial charge in [0.15, 0.2) is 5.43 Å². The number of rotatable bonds is 3. The van der Waals surface area contributed by atoms with Crippen molar-refractivity contribution in [3.8, 4) is 0 Å². The van der Waals surface area contributed by atoms with E-state index in [2.05, 4.69) is 56.7 Å². The van der Waals surface area contributed by atoms with Crippen molar-refractivity contribution in [2.45, 2.75) is 25.9 Å². The van der Waals surface area contributed by atoms with Crippen molar-refractivity contribution in [2.75, 3.05) is 13.1 Å². The average molecular weight is 372 g/mol. The number of hydrogen-bond acceptors (Lipinski definition) is 3. The zero-order chi connectivity index (χ0) is 19.1. The highest BCUT2D eigenvalue weighted by Crippen LogP contribution is 2.32. The molecule has 0 unspecified atom stereocenters. The van der Waals surface area contributed by atoms with E-state index >= 15 is 0 Å². The van der Waals surface area contributed by atoms with Crippen LogP contribution in [0, 0.1) is 5.92 Å². The van der Waals surface area contributed by atoms with Gasteiger partial charge in [-0.1, -0.05) is 37.3 Å². The summed E-state index contributed by atoms with van der Waals surface area (Å²) in [6.07, 6.45) is 6.73. The third-order valence-electron chi connectivity index (χ3n) is 6.08. The van der Waals surface area contributed by atoms with Crippen LogP contribution in [-0.4, -0.2) is 32.5 Å². The van der Waals surface area contributed by atoms with Crippen LogP contribution in [0.4, 0.5) is 0 Å². The molecule has 1 aromatic carbocycles. The Kier molecular flexibility index (Phi) is 4.24. The highest BCUT2D eigenvalue weighted by atomic mass is 16.1. The van der Waals surface area contributed by atoms with Gasteiger partial charge in [0.25, 0.3) is 0 Å². The summed E-state index contributed by atoms with van der Waals surface area (Å²) in [6, 6.07) is 14.7. The average Bonchev–Trinajstić information content (AvgIpc) is 3.20. The van der Waals surface area contributed by atoms with E-state index in [1.807, 2.05) is 18.5 Å². The number of hydrogen-bond donors (Lipinski definition) is 1. The molecule has 5 rings (SSSR count). The number of aromatic amines is 1. The van der Waals surface area contributed by atoms with Gasteiger partial charge in [-0.25, -0.2) is 4.98 Å². The molecular formula is C23H24N4O. The molecule has 0 radical (unpaired) electrons. The van der Waals surface area contributed by atoms with Crippen LogP contribution in [-0.2, 0) is 6.54 Å². The number of benzene rings is 1. The summed E-state index contributed by atoms with van der Waals surface area (Å²) in [5.74, 6) is 0.542. The fourth-order valence-electron chi connectivity index (χ4n) is 4.50. The minimum Gasteiger partial charge on any atom is -0.346 e. The van der Waals surface area contributed by atoms with Gasteiger partial charge in [0.05, 0.1) is 10.9 Å². The number of likely N-dealkylation sites (tertiary alicyclic amines) is 1. The Labute approximate surface area is 163 Å². The van der Waals surface area contributed by atoms with Gasteiger partial charge in [-0.05, 0) is 30.5 Å². The van der Waals surface area contributed by atoms with Crippen LogP contribution in [0.15, 0.2) is 65.8 Å². The number of aromatic nitrogens is 3. The first-order valence-corrected chi connectivity index (χ1v) is 9.94. The largest absolute Gasteiger partial charge is 0.346 e. The summed E-state index contributed by atoms with van der Waals surface area (Å²) in [5.41, 5.74) is 3.21. The van der Waals surface area contributed by atoms with Crippen molar-refractivity contribution in [2.24, 2.45) is 5.92 Å². The molecule has 0 aliphatic carbocycles. The van der Waals surface area contributed by atoms with E-state index < -0.39 is 0 Å². The number of pyridine rings is 2. The van der Waals surface area contributed by atoms with Gasteiger partial charge in [-0.2, -0.15) is 0 Å². The second-order valence-corrected chi connectivity index (χ2v) is 7.90. The standard InChI is InChI=1S/C23H24N4O/c1-16-8-11-26(14-17-5-3-2-4-6-17)15-20(16)27-12-9-21(28)19-13-25-23-18(22(19)27)7-10-24-23/h2-7,9-10,12-13,16,20H,8,11,14-15H2,1H3,(H,24,25)/t16-,20+/m1/s1. The number of nitrogens with one attached hydrogen (secondary N) is 1. The summed E-state index contributed by atoms with van der Waals surface area (Å²) in [6.45, 7) is 5.36. The van der Waals surface area contributed by atoms with Crippen molar-refractivity contribution < 1.29 is 0 Å². The highest BCUT2D eigenvalue weighted by Gasteiger charge is 2.28. The van der Waals surface area contributed by atoms with Crippen LogP contribution in [0.2, 0.25) is 0 Å². The maximum atomic E-state index is 12.5. The molecule has 5 nitrogen and oxygen atoms in total. The zero-order valence-electron chi connectivity index (χ0n) is 16.0. The van der Waals surface area contributed by atoms with E-state index in [9.17, 15) is 4.79 Å². The first-order chi connectivity index (χ1) is 13.7. The fourth-order valence-corrected chi connectivity index (χ4v) is 4.50. The summed E-state index contributed by atoms with van der Waals surface area (Å²) in [5, 5.41) is 1.71. The first-order valence-electron chi connectivity index (χ1n) is 9.94. The van der Waals surface area contributed by atoms with Crippen molar-refractivity contribution in [3.05, 3.63) is 76.8 Å². The number of H-pyrrole nitrogens is 1. The molecule has 4 heterocycles. The molecule has 0 saturated carbocycles. The number of fused-ring (bicyclic) bond motifs is 3. The lowest BCUT2D eigenvalue weighted by Gasteiger charge is -2.39. The third-order valence-corrected chi connectivity index (χ3v) is 6.08. The van der Waals surface area contributed by atoms with Crippen molar-refractivity contribution in [1.29, 1.82) is 0 Å². The van der Waals surface area contributed by atoms with Crippen LogP contribution in [0.1, 0.15) is 24.9 Å². The van der Waals surface area contributed by atoms with E-state index in [4.69, 9.17) is 0 Å². The SMILES string of the molecule is C[C@@H]1CCN(Cc2ccccc2)C[C@@H]1n1ccc(=O)c2cnc3[nH]ccc3c21. The molecule has 28 heavy (non-hydrogen) atoms. The summed E-state index contributed by atoms with van der Waals surface area (Å²) in [4.78, 5) is 22.6. The van der Waals surface area contributed by atoms with E-state index in [1.54, 1.807) is 12.3 Å². The molecule has 2 atom stereocenters. The van der Waals surface area contributed by atoms with Crippen molar-refractivity contribution in [3.63, 3.8) is 0 Å². The Hall–Kier alpha value is -2.92. The van der Waals surface area contributed by atoms with E-state index in [-0.39, 0.29) is 5.43 Å². The van der Waals surface area contributed by atoms with E-state index in [0.717, 1.165) is 42.6 Å². The van der Waals surface area contributed by atoms with Crippen LogP contribution in [0.5, 0.6) is 0 Å². The Morgan fingerprint density at radius 1 is 1.14 bits per heavy atom. The van der Waals surface area contributed by atoms with Gasteiger partial charge in [0, 0.05) is 49.2 Å². The van der Waals surface area contributed by atoms with Crippen molar-refractivity contribution >= 4 is 21.9 Å². The molecule has 4 aromatic rings. The third kappa shape index (κ3) is 2.92. The second-order valence-electron chi connectivity index (χ2n) is 7.90. The molecule has 1 aliphatic rings. The van der Waals surface area contributed by atoms with Gasteiger partial charge >= 0.3 is 0 Å². The van der Waals surface area contributed by atoms with Gasteiger partial charge in [0.2, 0.25) is 0 Å². The number of nitrogens with zero attached hydrogens (tertiary/aromatic N) is 3. The smallest absolute Gasteiger partial charge is 0.190 e. The predicted molar refractivity (Wildman–Crippen MR) is 112 cm³/mol. The highest BCUT2D eigenvalue weighted by molar-refractivity contribution is 6.02. The molecule has 1 saturated heterocycles. The lowest BCUT2D eigenvalue weighted by molar-refractivity contribution is 0.128. The summed E-state index contributed by atoms with van der Waals surface area (Å²) in [7, 11) is 0. The lowest BCUT2D eigenvalue weighted by atomic mass is 9.92. The normalized spacial score (nSPS) is 20.8. The molecule has 3 aromatic heterocycles. The topological polar surface area (TPSA) is 53.9 Å². The quantitative estimate of drug-likeness (QED) is 0.592. The number of piperidine rings is 1. The molecule has 5 heteroatoms. The Morgan fingerprint density at radius 3 is 2.86 bits per heavy atom. The Balaban J connectivity index is 1.57. The monoisotopic (exact) mass is 372 g/mol. The van der Waals surface area contributed by atoms with Crippen LogP contribution < -0.4 is 5.43 Å². The van der Waals surface area contributed by atoms with Gasteiger partial charge in [-0.3, -0.25) is 9.69 Å². The minimum atomic E-state index is 0.0338. The van der Waals surface area contributed by atoms with Crippen LogP contribution in [0.25, 0.3) is 21.9 Å². The second kappa shape index (κ2) is 6.91. The van der Waals surface area contributed by atoms with Gasteiger partial charge in [-0.15, -0.1) is 0 Å². The predicted octanol–water partition coefficient (Wildman–Crippen LogP) is 3.96. The molecule has 1 fully saturated rings. The Bertz CT molecular complexity index is 1180. The molecular weight excluding hydrogens is 348 g/mol. The zero-order valence-corrected chi connectivity index (χ0v) is 16.0. The minimum absolute atomic E-state index is 0.0338. The van der Waals surface area contributed by atoms with E-state index in [0.29, 0.717) is 17.3 Å². The van der Waals surface area contributed by atoms with Crippen LogP contribution >= 0.6 is 0 Å². The Morgan fingerprint density at radius 2 is 2.00 bits per heavy atom. The molecule has 1 N–H and O–H groups in total. The molecule has 1 aliphatic heterocycles.